The number of aromatic nitrogens is 6. The molecule has 29 aromatic rings. The molecule has 686 valence electrons. The summed E-state index contributed by atoms with van der Waals surface area (Å²) >= 11 is 0. The van der Waals surface area contributed by atoms with Crippen LogP contribution in [0.5, 0.6) is 0 Å². The molecule has 6 heterocycles. The van der Waals surface area contributed by atoms with E-state index >= 15 is 0 Å². The van der Waals surface area contributed by atoms with Gasteiger partial charge in [0.05, 0.1) is 66.2 Å². The predicted molar refractivity (Wildman–Crippen MR) is 617 cm³/mol. The quantitative estimate of drug-likeness (QED) is 0.131. The Hall–Kier alpha value is -18.6. The highest BCUT2D eigenvalue weighted by Gasteiger charge is 2.38. The summed E-state index contributed by atoms with van der Waals surface area (Å²) in [7, 11) is 0. The monoisotopic (exact) mass is 1860 g/mol. The van der Waals surface area contributed by atoms with Gasteiger partial charge in [-0.2, -0.15) is 0 Å². The third-order valence-corrected chi connectivity index (χ3v) is 31.9. The molecule has 0 saturated carbocycles. The van der Waals surface area contributed by atoms with E-state index in [1.807, 2.05) is 0 Å². The number of rotatable bonds is 10. The van der Waals surface area contributed by atoms with E-state index in [0.29, 0.717) is 0 Å². The minimum absolute atomic E-state index is 0.0780. The van der Waals surface area contributed by atoms with Crippen LogP contribution in [-0.2, 0) is 10.8 Å². The fraction of sp³-hybridized carbons (Fsp3) is 0.0429. The van der Waals surface area contributed by atoms with E-state index < -0.39 is 0 Å². The van der Waals surface area contributed by atoms with Crippen molar-refractivity contribution in [2.24, 2.45) is 0 Å². The van der Waals surface area contributed by atoms with Crippen molar-refractivity contribution >= 4 is 152 Å². The molecule has 0 saturated heterocycles. The maximum atomic E-state index is 2.48. The molecule has 146 heavy (non-hydrogen) atoms. The normalized spacial score (nSPS) is 12.9. The summed E-state index contributed by atoms with van der Waals surface area (Å²) in [5.74, 6) is 0. The summed E-state index contributed by atoms with van der Waals surface area (Å²) in [6.45, 7) is 9.48. The Labute approximate surface area is 844 Å². The number of benzene rings is 23. The van der Waals surface area contributed by atoms with Crippen LogP contribution >= 0.6 is 0 Å². The molecule has 0 amide bonds. The molecule has 0 aliphatic heterocycles. The smallest absolute Gasteiger partial charge is 0.0547 e. The first-order chi connectivity index (χ1) is 71.9. The lowest BCUT2D eigenvalue weighted by atomic mass is 9.81. The standard InChI is InChI=1S/C51H36N2.C49H34N2.C40H26N2/c1-51(2)45-19-11-9-17-39(45)40-26-24-38(32-46(40)51)53-49-28-23-35(30-44(49)42-25-21-36(31-50(42)53)33-13-5-3-6-14-33)34-22-27-48-43(29-34)41-18-10-12-20-47(41)52(48)37-15-7-4-8-16-37;1-49(2)43-29-32-13-7-6-12-31(32)26-40(43)37-23-22-36(30-44(37)49)51-46-19-11-9-17-39(46)42-28-34(21-25-48(42)51)33-20-24-47-41(27-33)38-16-8-10-18-45(38)50(47)35-14-4-3-5-15-35;1-2-12-31(13-3-1)41-37-16-8-6-14-33(37)35-25-29(19-22-39(35)41)30-20-23-40-36(26-30)34-15-7-9-17-38(34)42(40)32-21-18-27-10-4-5-11-28(27)24-32/h3-32H,1-2H3;3-30H,1-2H3;1-26H. The van der Waals surface area contributed by atoms with Crippen LogP contribution in [0.15, 0.2) is 510 Å². The van der Waals surface area contributed by atoms with Crippen molar-refractivity contribution in [3.05, 3.63) is 532 Å². The van der Waals surface area contributed by atoms with Gasteiger partial charge in [0.1, 0.15) is 0 Å². The van der Waals surface area contributed by atoms with Crippen LogP contribution in [0.1, 0.15) is 49.9 Å². The van der Waals surface area contributed by atoms with Crippen LogP contribution in [0.3, 0.4) is 0 Å². The van der Waals surface area contributed by atoms with Gasteiger partial charge in [-0.1, -0.05) is 343 Å². The largest absolute Gasteiger partial charge is 0.309 e. The first-order valence-corrected chi connectivity index (χ1v) is 50.8. The highest BCUT2D eigenvalue weighted by Crippen LogP contribution is 2.54. The summed E-state index contributed by atoms with van der Waals surface area (Å²) in [6, 6.07) is 187. The Morgan fingerprint density at radius 3 is 0.774 bits per heavy atom. The molecular formula is C140H96N6. The molecule has 0 bridgehead atoms. The van der Waals surface area contributed by atoms with Crippen molar-refractivity contribution in [3.63, 3.8) is 0 Å². The highest BCUT2D eigenvalue weighted by molar-refractivity contribution is 6.18. The van der Waals surface area contributed by atoms with Gasteiger partial charge in [-0.3, -0.25) is 0 Å². The summed E-state index contributed by atoms with van der Waals surface area (Å²) in [6.07, 6.45) is 0. The molecule has 0 atom stereocenters. The van der Waals surface area contributed by atoms with Gasteiger partial charge < -0.3 is 27.4 Å². The molecule has 0 spiro atoms. The van der Waals surface area contributed by atoms with E-state index in [-0.39, 0.29) is 10.8 Å². The van der Waals surface area contributed by atoms with Gasteiger partial charge in [-0.05, 0) is 305 Å². The number of hydrogen-bond acceptors (Lipinski definition) is 0. The Bertz CT molecular complexity index is 10500. The molecule has 0 N–H and O–H groups in total. The summed E-state index contributed by atoms with van der Waals surface area (Å²) in [5, 5.41) is 20.3. The van der Waals surface area contributed by atoms with E-state index in [0.717, 1.165) is 0 Å². The third kappa shape index (κ3) is 13.2. The fourth-order valence-corrected chi connectivity index (χ4v) is 24.9. The minimum Gasteiger partial charge on any atom is -0.309 e. The van der Waals surface area contributed by atoms with Crippen LogP contribution in [-0.4, -0.2) is 27.4 Å². The zero-order valence-electron chi connectivity index (χ0n) is 81.2. The van der Waals surface area contributed by atoms with E-state index in [9.17, 15) is 0 Å². The zero-order chi connectivity index (χ0) is 96.7. The van der Waals surface area contributed by atoms with E-state index in [1.54, 1.807) is 0 Å². The summed E-state index contributed by atoms with van der Waals surface area (Å²) in [5.41, 5.74) is 42.3. The number of hydrogen-bond donors (Lipinski definition) is 0. The molecule has 6 heteroatoms. The molecule has 2 aliphatic carbocycles. The average Bonchev–Trinajstić information content (AvgIpc) is 1.55. The van der Waals surface area contributed by atoms with Gasteiger partial charge in [0.2, 0.25) is 0 Å². The zero-order valence-corrected chi connectivity index (χ0v) is 81.2. The minimum atomic E-state index is -0.0983. The number of para-hydroxylation sites is 8. The van der Waals surface area contributed by atoms with E-state index in [4.69, 9.17) is 0 Å². The molecular weight excluding hydrogens is 1770 g/mol. The van der Waals surface area contributed by atoms with Crippen molar-refractivity contribution in [1.29, 1.82) is 0 Å². The molecule has 2 aliphatic rings. The van der Waals surface area contributed by atoms with Gasteiger partial charge >= 0.3 is 0 Å². The summed E-state index contributed by atoms with van der Waals surface area (Å²) < 4.78 is 14.5. The number of nitrogens with zero attached hydrogens (tertiary/aromatic N) is 6. The van der Waals surface area contributed by atoms with Crippen molar-refractivity contribution in [1.82, 2.24) is 27.4 Å². The second kappa shape index (κ2) is 33.0. The molecule has 0 unspecified atom stereocenters. The Morgan fingerprint density at radius 2 is 0.377 bits per heavy atom. The lowest BCUT2D eigenvalue weighted by Gasteiger charge is -2.22. The maximum Gasteiger partial charge on any atom is 0.0547 e. The molecule has 0 radical (unpaired) electrons. The van der Waals surface area contributed by atoms with Gasteiger partial charge in [-0.15, -0.1) is 0 Å². The average molecular weight is 1860 g/mol. The van der Waals surface area contributed by atoms with Gasteiger partial charge in [0, 0.05) is 110 Å². The SMILES string of the molecule is CC1(C)c2cc(-n3c4ccccc4c4cc(-c5ccc6c(c5)c5ccccc5n6-c5ccccc5)ccc43)ccc2-c2cc3ccccc3cc21.CC1(C)c2ccccc2-c2ccc(-n3c4ccc(-c5ccc6c(c5)c5ccccc5n6-c5ccccc5)cc4c4ccc(-c5ccccc5)cc43)cc21.c1ccc(-n2c3ccccc3c3cc(-c4ccc5c(c4)c4ccccc4n5-c4ccc5ccccc5c4)ccc32)cc1. The van der Waals surface area contributed by atoms with Crippen molar-refractivity contribution < 1.29 is 0 Å². The Balaban J connectivity index is 0.000000104. The lowest BCUT2D eigenvalue weighted by molar-refractivity contribution is 0.660. The van der Waals surface area contributed by atoms with Gasteiger partial charge in [0.15, 0.2) is 0 Å². The third-order valence-electron chi connectivity index (χ3n) is 31.9. The lowest BCUT2D eigenvalue weighted by Crippen LogP contribution is -2.15. The topological polar surface area (TPSA) is 29.6 Å². The highest BCUT2D eigenvalue weighted by atomic mass is 15.0. The molecule has 6 nitrogen and oxygen atoms in total. The fourth-order valence-electron chi connectivity index (χ4n) is 24.9. The maximum absolute atomic E-state index is 2.48. The van der Waals surface area contributed by atoms with Crippen LogP contribution in [0, 0.1) is 0 Å². The van der Waals surface area contributed by atoms with Crippen molar-refractivity contribution in [2.75, 3.05) is 0 Å². The van der Waals surface area contributed by atoms with E-state index in [2.05, 4.69) is 565 Å². The Kier molecular flexibility index (Phi) is 19.0. The second-order valence-electron chi connectivity index (χ2n) is 40.6. The Morgan fingerprint density at radius 1 is 0.123 bits per heavy atom. The van der Waals surface area contributed by atoms with Crippen LogP contribution in [0.25, 0.3) is 253 Å². The summed E-state index contributed by atoms with van der Waals surface area (Å²) in [4.78, 5) is 0. The molecule has 0 fully saturated rings. The second-order valence-corrected chi connectivity index (χ2v) is 40.6. The van der Waals surface area contributed by atoms with Gasteiger partial charge in [-0.25, -0.2) is 0 Å². The number of fused-ring (bicyclic) bond motifs is 26. The van der Waals surface area contributed by atoms with Crippen molar-refractivity contribution in [3.8, 4) is 101 Å². The van der Waals surface area contributed by atoms with Crippen LogP contribution < -0.4 is 0 Å². The molecule has 31 rings (SSSR count). The first kappa shape index (κ1) is 84.3. The molecule has 23 aromatic carbocycles. The predicted octanol–water partition coefficient (Wildman–Crippen LogP) is 37.2. The van der Waals surface area contributed by atoms with Crippen molar-refractivity contribution in [2.45, 2.75) is 38.5 Å². The first-order valence-electron chi connectivity index (χ1n) is 50.8. The molecule has 6 aromatic heterocycles. The van der Waals surface area contributed by atoms with Gasteiger partial charge in [0.25, 0.3) is 0 Å². The van der Waals surface area contributed by atoms with Crippen LogP contribution in [0.2, 0.25) is 0 Å². The van der Waals surface area contributed by atoms with Crippen LogP contribution in [0.4, 0.5) is 0 Å². The van der Waals surface area contributed by atoms with E-state index in [1.165, 1.54) is 276 Å².